The molecule has 1 aliphatic heterocycles. The number of carbonyl (C=O) groups is 1. The lowest BCUT2D eigenvalue weighted by molar-refractivity contribution is 0.208. The van der Waals surface area contributed by atoms with Crippen LogP contribution in [-0.2, 0) is 6.42 Å². The van der Waals surface area contributed by atoms with Crippen LogP contribution in [0.2, 0.25) is 5.02 Å². The molecule has 2 aromatic heterocycles. The minimum Gasteiger partial charge on any atom is -0.367 e. The Morgan fingerprint density at radius 1 is 1.19 bits per heavy atom. The van der Waals surface area contributed by atoms with Crippen molar-refractivity contribution in [3.05, 3.63) is 47.4 Å². The van der Waals surface area contributed by atoms with Gasteiger partial charge in [0.15, 0.2) is 11.5 Å². The van der Waals surface area contributed by atoms with Gasteiger partial charge in [-0.2, -0.15) is 9.61 Å². The number of amides is 2. The summed E-state index contributed by atoms with van der Waals surface area (Å²) in [6.45, 7) is 4.72. The largest absolute Gasteiger partial charge is 0.367 e. The van der Waals surface area contributed by atoms with E-state index >= 15 is 0 Å². The number of aryl methyl sites for hydroxylation is 1. The standard InChI is InChI=1S/C18H20ClN7O/c1-2-16-22-23-17-11-13(12-20-26(16)17)24-7-9-25(10-8-24)18(27)21-15-6-4-3-5-14(15)19/h3-6,11-12H,2,7-10H2,1H3,(H,21,27). The van der Waals surface area contributed by atoms with Crippen molar-refractivity contribution >= 4 is 34.7 Å². The zero-order valence-electron chi connectivity index (χ0n) is 15.0. The summed E-state index contributed by atoms with van der Waals surface area (Å²) in [4.78, 5) is 16.5. The first kappa shape index (κ1) is 17.5. The van der Waals surface area contributed by atoms with Crippen LogP contribution in [0.1, 0.15) is 12.7 Å². The van der Waals surface area contributed by atoms with Gasteiger partial charge < -0.3 is 15.1 Å². The van der Waals surface area contributed by atoms with Crippen LogP contribution in [0.3, 0.4) is 0 Å². The molecule has 1 N–H and O–H groups in total. The number of rotatable bonds is 3. The molecule has 0 radical (unpaired) electrons. The van der Waals surface area contributed by atoms with E-state index in [0.29, 0.717) is 23.8 Å². The lowest BCUT2D eigenvalue weighted by Crippen LogP contribution is -2.50. The fourth-order valence-electron chi connectivity index (χ4n) is 3.15. The van der Waals surface area contributed by atoms with Gasteiger partial charge in [0, 0.05) is 38.7 Å². The smallest absolute Gasteiger partial charge is 0.322 e. The molecule has 1 fully saturated rings. The molecule has 1 aliphatic rings. The van der Waals surface area contributed by atoms with Crippen molar-refractivity contribution in [2.45, 2.75) is 13.3 Å². The Balaban J connectivity index is 1.40. The highest BCUT2D eigenvalue weighted by Gasteiger charge is 2.22. The molecular formula is C18H20ClN7O. The van der Waals surface area contributed by atoms with Crippen LogP contribution in [0.15, 0.2) is 36.5 Å². The van der Waals surface area contributed by atoms with Gasteiger partial charge in [0.2, 0.25) is 0 Å². The molecule has 0 saturated carbocycles. The molecule has 8 nitrogen and oxygen atoms in total. The van der Waals surface area contributed by atoms with Gasteiger partial charge in [-0.05, 0) is 12.1 Å². The molecule has 0 bridgehead atoms. The average molecular weight is 386 g/mol. The molecule has 0 aliphatic carbocycles. The zero-order chi connectivity index (χ0) is 18.8. The van der Waals surface area contributed by atoms with Crippen LogP contribution in [-0.4, -0.2) is 56.9 Å². The van der Waals surface area contributed by atoms with E-state index in [0.717, 1.165) is 36.7 Å². The zero-order valence-corrected chi connectivity index (χ0v) is 15.7. The van der Waals surface area contributed by atoms with Gasteiger partial charge in [-0.15, -0.1) is 10.2 Å². The van der Waals surface area contributed by atoms with Crippen molar-refractivity contribution in [3.63, 3.8) is 0 Å². The van der Waals surface area contributed by atoms with Crippen LogP contribution < -0.4 is 10.2 Å². The third-order valence-electron chi connectivity index (χ3n) is 4.68. The van der Waals surface area contributed by atoms with Crippen molar-refractivity contribution in [2.24, 2.45) is 0 Å². The van der Waals surface area contributed by atoms with Gasteiger partial charge in [-0.3, -0.25) is 0 Å². The van der Waals surface area contributed by atoms with Crippen molar-refractivity contribution in [3.8, 4) is 0 Å². The summed E-state index contributed by atoms with van der Waals surface area (Å²) in [5.74, 6) is 0.845. The van der Waals surface area contributed by atoms with Crippen LogP contribution >= 0.6 is 11.6 Å². The van der Waals surface area contributed by atoms with Gasteiger partial charge in [0.05, 0.1) is 22.6 Å². The number of benzene rings is 1. The number of fused-ring (bicyclic) bond motifs is 1. The highest BCUT2D eigenvalue weighted by atomic mass is 35.5. The van der Waals surface area contributed by atoms with Gasteiger partial charge in [0.25, 0.3) is 0 Å². The van der Waals surface area contributed by atoms with E-state index in [1.165, 1.54) is 0 Å². The fraction of sp³-hybridized carbons (Fsp3) is 0.333. The number of piperazine rings is 1. The van der Waals surface area contributed by atoms with Crippen molar-refractivity contribution < 1.29 is 4.79 Å². The highest BCUT2D eigenvalue weighted by Crippen LogP contribution is 2.22. The van der Waals surface area contributed by atoms with Crippen LogP contribution in [0, 0.1) is 0 Å². The Hall–Kier alpha value is -2.87. The summed E-state index contributed by atoms with van der Waals surface area (Å²) in [5.41, 5.74) is 2.35. The first-order chi connectivity index (χ1) is 13.2. The van der Waals surface area contributed by atoms with E-state index in [9.17, 15) is 4.79 Å². The lowest BCUT2D eigenvalue weighted by atomic mass is 10.3. The van der Waals surface area contributed by atoms with Gasteiger partial charge in [0.1, 0.15) is 0 Å². The maximum atomic E-state index is 12.5. The van der Waals surface area contributed by atoms with Crippen LogP contribution in [0.4, 0.5) is 16.2 Å². The lowest BCUT2D eigenvalue weighted by Gasteiger charge is -2.35. The Bertz CT molecular complexity index is 965. The molecule has 0 atom stereocenters. The minimum atomic E-state index is -0.138. The first-order valence-corrected chi connectivity index (χ1v) is 9.29. The van der Waals surface area contributed by atoms with Crippen molar-refractivity contribution in [1.82, 2.24) is 24.7 Å². The van der Waals surface area contributed by atoms with E-state index in [1.54, 1.807) is 21.5 Å². The molecule has 3 heterocycles. The molecule has 0 spiro atoms. The number of para-hydroxylation sites is 1. The number of aromatic nitrogens is 4. The quantitative estimate of drug-likeness (QED) is 0.749. The molecule has 1 saturated heterocycles. The van der Waals surface area contributed by atoms with E-state index < -0.39 is 0 Å². The summed E-state index contributed by atoms with van der Waals surface area (Å²) < 4.78 is 1.76. The van der Waals surface area contributed by atoms with E-state index in [2.05, 4.69) is 25.5 Å². The minimum absolute atomic E-state index is 0.138. The molecule has 2 amide bonds. The summed E-state index contributed by atoms with van der Waals surface area (Å²) in [6.07, 6.45) is 2.61. The number of halogens is 1. The first-order valence-electron chi connectivity index (χ1n) is 8.91. The van der Waals surface area contributed by atoms with Crippen molar-refractivity contribution in [2.75, 3.05) is 36.4 Å². The predicted molar refractivity (Wildman–Crippen MR) is 104 cm³/mol. The van der Waals surface area contributed by atoms with Gasteiger partial charge in [-0.25, -0.2) is 4.79 Å². The highest BCUT2D eigenvalue weighted by molar-refractivity contribution is 6.33. The van der Waals surface area contributed by atoms with Gasteiger partial charge >= 0.3 is 6.03 Å². The monoisotopic (exact) mass is 385 g/mol. The third-order valence-corrected chi connectivity index (χ3v) is 5.01. The molecule has 9 heteroatoms. The molecule has 4 rings (SSSR count). The molecule has 140 valence electrons. The van der Waals surface area contributed by atoms with E-state index in [4.69, 9.17) is 11.6 Å². The maximum Gasteiger partial charge on any atom is 0.322 e. The number of carbonyl (C=O) groups excluding carboxylic acids is 1. The topological polar surface area (TPSA) is 78.7 Å². The maximum absolute atomic E-state index is 12.5. The Morgan fingerprint density at radius 3 is 2.70 bits per heavy atom. The van der Waals surface area contributed by atoms with Crippen LogP contribution in [0.5, 0.6) is 0 Å². The molecular weight excluding hydrogens is 366 g/mol. The van der Waals surface area contributed by atoms with Crippen LogP contribution in [0.25, 0.3) is 5.65 Å². The number of urea groups is 1. The number of hydrogen-bond acceptors (Lipinski definition) is 5. The molecule has 27 heavy (non-hydrogen) atoms. The second-order valence-electron chi connectivity index (χ2n) is 6.34. The van der Waals surface area contributed by atoms with E-state index in [1.807, 2.05) is 31.3 Å². The summed E-state index contributed by atoms with van der Waals surface area (Å²) in [6, 6.07) is 9.07. The average Bonchev–Trinajstić information content (AvgIpc) is 3.12. The third kappa shape index (κ3) is 3.52. The summed E-state index contributed by atoms with van der Waals surface area (Å²) in [5, 5.41) is 16.2. The number of nitrogens with zero attached hydrogens (tertiary/aromatic N) is 6. The Kier molecular flexibility index (Phi) is 4.81. The SMILES string of the molecule is CCc1nnc2cc(N3CCN(C(=O)Nc4ccccc4Cl)CC3)cnn12. The molecule has 3 aromatic rings. The number of anilines is 2. The molecule has 1 aromatic carbocycles. The number of nitrogens with one attached hydrogen (secondary N) is 1. The summed E-state index contributed by atoms with van der Waals surface area (Å²) in [7, 11) is 0. The van der Waals surface area contributed by atoms with Crippen molar-refractivity contribution in [1.29, 1.82) is 0 Å². The second kappa shape index (κ2) is 7.40. The second-order valence-corrected chi connectivity index (χ2v) is 6.74. The Labute approximate surface area is 161 Å². The normalized spacial score (nSPS) is 14.6. The Morgan fingerprint density at radius 2 is 1.96 bits per heavy atom. The van der Waals surface area contributed by atoms with E-state index in [-0.39, 0.29) is 6.03 Å². The molecule has 0 unspecified atom stereocenters. The predicted octanol–water partition coefficient (Wildman–Crippen LogP) is 2.69. The number of hydrogen-bond donors (Lipinski definition) is 1. The fourth-order valence-corrected chi connectivity index (χ4v) is 3.33. The summed E-state index contributed by atoms with van der Waals surface area (Å²) >= 11 is 6.11. The van der Waals surface area contributed by atoms with Gasteiger partial charge in [-0.1, -0.05) is 30.7 Å².